The minimum atomic E-state index is -0.534. The van der Waals surface area contributed by atoms with Crippen LogP contribution in [0.15, 0.2) is 42.5 Å². The summed E-state index contributed by atoms with van der Waals surface area (Å²) in [5.41, 5.74) is 2.44. The molecule has 0 aliphatic rings. The molecule has 0 aliphatic heterocycles. The van der Waals surface area contributed by atoms with Crippen LogP contribution in [-0.2, 0) is 14.2 Å². The molecule has 3 aromatic rings. The molecule has 0 N–H and O–H groups in total. The van der Waals surface area contributed by atoms with Crippen molar-refractivity contribution < 1.29 is 38.0 Å². The molecule has 0 atom stereocenters. The van der Waals surface area contributed by atoms with Gasteiger partial charge in [0, 0.05) is 47.5 Å². The Morgan fingerprint density at radius 3 is 1.58 bits per heavy atom. The minimum Gasteiger partial charge on any atom is -0.496 e. The van der Waals surface area contributed by atoms with Crippen molar-refractivity contribution in [2.24, 2.45) is 0 Å². The largest absolute Gasteiger partial charge is 0.496 e. The van der Waals surface area contributed by atoms with Crippen molar-refractivity contribution in [1.29, 1.82) is 0 Å². The van der Waals surface area contributed by atoms with Crippen LogP contribution < -0.4 is 18.9 Å². The quantitative estimate of drug-likeness (QED) is 0.262. The summed E-state index contributed by atoms with van der Waals surface area (Å²) in [5.74, 6) is 2.16. The number of carbonyl (C=O) groups excluding carboxylic acids is 1. The first kappa shape index (κ1) is 27.9. The molecule has 0 bridgehead atoms. The van der Waals surface area contributed by atoms with Gasteiger partial charge in [-0.15, -0.1) is 0 Å². The van der Waals surface area contributed by atoms with Crippen LogP contribution in [0.1, 0.15) is 32.9 Å². The normalized spacial score (nSPS) is 11.4. The number of benzene rings is 1. The number of methoxy groups -OCH3 is 7. The molecule has 2 aromatic heterocycles. The van der Waals surface area contributed by atoms with E-state index in [0.717, 1.165) is 0 Å². The molecule has 0 aliphatic carbocycles. The van der Waals surface area contributed by atoms with Crippen LogP contribution in [0.4, 0.5) is 0 Å². The van der Waals surface area contributed by atoms with Gasteiger partial charge in [-0.1, -0.05) is 6.07 Å². The summed E-state index contributed by atoms with van der Waals surface area (Å²) in [7, 11) is 10.5. The molecule has 1 aromatic carbocycles. The third-order valence-corrected chi connectivity index (χ3v) is 5.45. The zero-order chi connectivity index (χ0) is 27.7. The van der Waals surface area contributed by atoms with Crippen LogP contribution in [0.2, 0.25) is 0 Å². The second kappa shape index (κ2) is 13.0. The average molecular weight is 523 g/mol. The van der Waals surface area contributed by atoms with Gasteiger partial charge in [0.1, 0.15) is 23.0 Å². The first-order valence-electron chi connectivity index (χ1n) is 11.3. The van der Waals surface area contributed by atoms with E-state index >= 15 is 0 Å². The Labute approximate surface area is 221 Å². The van der Waals surface area contributed by atoms with E-state index in [9.17, 15) is 4.79 Å². The molecule has 0 saturated carbocycles. The monoisotopic (exact) mass is 522 g/mol. The molecular formula is C28H30N2O8. The Kier molecular flexibility index (Phi) is 9.53. The van der Waals surface area contributed by atoms with Crippen LogP contribution in [0, 0.1) is 0 Å². The molecule has 0 radical (unpaired) electrons. The van der Waals surface area contributed by atoms with E-state index in [1.807, 2.05) is 0 Å². The van der Waals surface area contributed by atoms with E-state index < -0.39 is 5.97 Å². The highest BCUT2D eigenvalue weighted by Gasteiger charge is 2.19. The van der Waals surface area contributed by atoms with Gasteiger partial charge in [0.15, 0.2) is 0 Å². The number of ether oxygens (including phenoxy) is 7. The highest BCUT2D eigenvalue weighted by Crippen LogP contribution is 2.30. The highest BCUT2D eigenvalue weighted by molar-refractivity contribution is 5.97. The van der Waals surface area contributed by atoms with Crippen LogP contribution in [0.3, 0.4) is 0 Å². The van der Waals surface area contributed by atoms with Gasteiger partial charge in [-0.25, -0.2) is 14.8 Å². The van der Waals surface area contributed by atoms with Crippen molar-refractivity contribution in [1.82, 2.24) is 9.97 Å². The molecule has 3 rings (SSSR count). The summed E-state index contributed by atoms with van der Waals surface area (Å²) >= 11 is 0. The lowest BCUT2D eigenvalue weighted by molar-refractivity contribution is 0.0600. The molecule has 0 spiro atoms. The predicted octanol–water partition coefficient (Wildman–Crippen LogP) is 4.59. The third-order valence-electron chi connectivity index (χ3n) is 5.45. The summed E-state index contributed by atoms with van der Waals surface area (Å²) in [6.45, 7) is 0. The number of hydrogen-bond donors (Lipinski definition) is 0. The van der Waals surface area contributed by atoms with Crippen molar-refractivity contribution in [2.45, 2.75) is 0 Å². The van der Waals surface area contributed by atoms with Crippen molar-refractivity contribution in [3.8, 4) is 23.3 Å². The molecule has 0 unspecified atom stereocenters. The van der Waals surface area contributed by atoms with Crippen molar-refractivity contribution in [2.75, 3.05) is 49.8 Å². The fourth-order valence-electron chi connectivity index (χ4n) is 3.56. The molecule has 200 valence electrons. The summed E-state index contributed by atoms with van der Waals surface area (Å²) < 4.78 is 37.6. The molecule has 0 saturated heterocycles. The maximum Gasteiger partial charge on any atom is 0.338 e. The summed E-state index contributed by atoms with van der Waals surface area (Å²) in [4.78, 5) is 21.5. The lowest BCUT2D eigenvalue weighted by atomic mass is 10.00. The Morgan fingerprint density at radius 1 is 0.605 bits per heavy atom. The molecule has 38 heavy (non-hydrogen) atoms. The van der Waals surface area contributed by atoms with Crippen molar-refractivity contribution >= 4 is 29.6 Å². The second-order valence-electron chi connectivity index (χ2n) is 7.63. The Bertz CT molecular complexity index is 1310. The predicted molar refractivity (Wildman–Crippen MR) is 142 cm³/mol. The second-order valence-corrected chi connectivity index (χ2v) is 7.63. The number of nitrogens with zero attached hydrogens (tertiary/aromatic N) is 2. The average Bonchev–Trinajstić information content (AvgIpc) is 2.97. The van der Waals surface area contributed by atoms with Gasteiger partial charge in [-0.3, -0.25) is 0 Å². The number of rotatable bonds is 11. The maximum atomic E-state index is 12.6. The SMILES string of the molecule is COC(=O)c1ccc(/C(=C\c2cc(OC)cc(OC)n2)OC)cc1/C(=C\c1cc(OC)cc(OC)n1)OC. The molecule has 2 heterocycles. The van der Waals surface area contributed by atoms with E-state index in [-0.39, 0.29) is 5.56 Å². The summed E-state index contributed by atoms with van der Waals surface area (Å²) in [6.07, 6.45) is 3.40. The summed E-state index contributed by atoms with van der Waals surface area (Å²) in [5, 5.41) is 0. The number of aromatic nitrogens is 2. The van der Waals surface area contributed by atoms with Crippen LogP contribution in [0.5, 0.6) is 23.3 Å². The highest BCUT2D eigenvalue weighted by atomic mass is 16.5. The van der Waals surface area contributed by atoms with Gasteiger partial charge in [-0.05, 0) is 12.1 Å². The molecular weight excluding hydrogens is 492 g/mol. The first-order chi connectivity index (χ1) is 18.4. The van der Waals surface area contributed by atoms with Crippen molar-refractivity contribution in [3.05, 3.63) is 70.5 Å². The number of pyridine rings is 2. The van der Waals surface area contributed by atoms with Crippen LogP contribution in [-0.4, -0.2) is 65.7 Å². The lowest BCUT2D eigenvalue weighted by Gasteiger charge is -2.15. The van der Waals surface area contributed by atoms with Crippen LogP contribution >= 0.6 is 0 Å². The van der Waals surface area contributed by atoms with Gasteiger partial charge < -0.3 is 33.2 Å². The Morgan fingerprint density at radius 2 is 1.13 bits per heavy atom. The molecule has 0 amide bonds. The van der Waals surface area contributed by atoms with E-state index in [4.69, 9.17) is 33.2 Å². The van der Waals surface area contributed by atoms with E-state index in [1.54, 1.807) is 68.8 Å². The number of carbonyl (C=O) groups is 1. The zero-order valence-corrected chi connectivity index (χ0v) is 22.4. The Balaban J connectivity index is 2.18. The van der Waals surface area contributed by atoms with Crippen LogP contribution in [0.25, 0.3) is 23.7 Å². The maximum absolute atomic E-state index is 12.6. The van der Waals surface area contributed by atoms with Gasteiger partial charge in [0.25, 0.3) is 0 Å². The minimum absolute atomic E-state index is 0.288. The van der Waals surface area contributed by atoms with Gasteiger partial charge >= 0.3 is 5.97 Å². The molecule has 0 fully saturated rings. The molecule has 10 heteroatoms. The zero-order valence-electron chi connectivity index (χ0n) is 22.4. The Hall–Kier alpha value is -4.73. The smallest absolute Gasteiger partial charge is 0.338 e. The summed E-state index contributed by atoms with van der Waals surface area (Å²) in [6, 6.07) is 11.9. The number of esters is 1. The van der Waals surface area contributed by atoms with Gasteiger partial charge in [0.2, 0.25) is 11.8 Å². The van der Waals surface area contributed by atoms with Gasteiger partial charge in [-0.2, -0.15) is 0 Å². The van der Waals surface area contributed by atoms with E-state index in [0.29, 0.717) is 57.3 Å². The van der Waals surface area contributed by atoms with Crippen molar-refractivity contribution in [3.63, 3.8) is 0 Å². The van der Waals surface area contributed by atoms with E-state index in [2.05, 4.69) is 9.97 Å². The number of hydrogen-bond acceptors (Lipinski definition) is 10. The third kappa shape index (κ3) is 6.52. The lowest BCUT2D eigenvalue weighted by Crippen LogP contribution is -2.07. The van der Waals surface area contributed by atoms with Gasteiger partial charge in [0.05, 0.1) is 66.7 Å². The topological polar surface area (TPSA) is 107 Å². The standard InChI is InChI=1S/C28H30N2O8/c1-32-20-11-18(29-26(15-20)36-5)13-24(34-3)17-8-9-22(28(31)38-7)23(10-17)25(35-4)14-19-12-21(33-2)16-27(30-19)37-6/h8-16H,1-7H3/b24-13+,25-14+. The fraction of sp³-hybridized carbons (Fsp3) is 0.250. The fourth-order valence-corrected chi connectivity index (χ4v) is 3.56. The molecule has 10 nitrogen and oxygen atoms in total. The van der Waals surface area contributed by atoms with E-state index in [1.165, 1.54) is 35.5 Å². The first-order valence-corrected chi connectivity index (χ1v) is 11.3.